The van der Waals surface area contributed by atoms with Crippen LogP contribution in [0.1, 0.15) is 22.3 Å². The van der Waals surface area contributed by atoms with E-state index in [1.165, 1.54) is 13.3 Å². The van der Waals surface area contributed by atoms with E-state index in [1.807, 2.05) is 0 Å². The second-order valence-corrected chi connectivity index (χ2v) is 2.99. The van der Waals surface area contributed by atoms with Crippen LogP contribution < -0.4 is 11.5 Å². The van der Waals surface area contributed by atoms with E-state index in [0.717, 1.165) is 0 Å². The molecule has 0 spiro atoms. The predicted molar refractivity (Wildman–Crippen MR) is 60.5 cm³/mol. The molecule has 0 aromatic carbocycles. The number of methoxy groups -OCH3 is 1. The van der Waals surface area contributed by atoms with E-state index < -0.39 is 5.97 Å². The van der Waals surface area contributed by atoms with Gasteiger partial charge in [-0.05, 0) is 6.07 Å². The van der Waals surface area contributed by atoms with Gasteiger partial charge in [0.2, 0.25) is 0 Å². The highest BCUT2D eigenvalue weighted by atomic mass is 16.5. The first-order valence-electron chi connectivity index (χ1n) is 4.71. The maximum Gasteiger partial charge on any atom is 0.339 e. The van der Waals surface area contributed by atoms with E-state index in [0.29, 0.717) is 24.1 Å². The van der Waals surface area contributed by atoms with Crippen LogP contribution in [0.4, 0.5) is 5.82 Å². The van der Waals surface area contributed by atoms with Gasteiger partial charge >= 0.3 is 5.97 Å². The number of anilines is 1. The lowest BCUT2D eigenvalue weighted by Gasteiger charge is -2.01. The Morgan fingerprint density at radius 2 is 2.38 bits per heavy atom. The highest BCUT2D eigenvalue weighted by molar-refractivity contribution is 5.89. The van der Waals surface area contributed by atoms with Gasteiger partial charge in [-0.2, -0.15) is 0 Å². The van der Waals surface area contributed by atoms with Crippen molar-refractivity contribution in [3.8, 4) is 11.8 Å². The summed E-state index contributed by atoms with van der Waals surface area (Å²) in [6, 6.07) is 1.55. The van der Waals surface area contributed by atoms with Crippen LogP contribution in [0.3, 0.4) is 0 Å². The zero-order valence-corrected chi connectivity index (χ0v) is 8.99. The van der Waals surface area contributed by atoms with Gasteiger partial charge in [0, 0.05) is 19.2 Å². The van der Waals surface area contributed by atoms with E-state index >= 15 is 0 Å². The Morgan fingerprint density at radius 3 is 3.00 bits per heavy atom. The molecule has 0 bridgehead atoms. The van der Waals surface area contributed by atoms with E-state index in [9.17, 15) is 4.79 Å². The molecule has 0 aliphatic carbocycles. The molecule has 0 fully saturated rings. The summed E-state index contributed by atoms with van der Waals surface area (Å²) in [6.07, 6.45) is 1.93. The van der Waals surface area contributed by atoms with Gasteiger partial charge < -0.3 is 16.2 Å². The van der Waals surface area contributed by atoms with Gasteiger partial charge in [-0.25, -0.2) is 9.78 Å². The third-order valence-electron chi connectivity index (χ3n) is 1.83. The van der Waals surface area contributed by atoms with Crippen LogP contribution in [-0.2, 0) is 4.74 Å². The van der Waals surface area contributed by atoms with Crippen molar-refractivity contribution in [1.29, 1.82) is 0 Å². The minimum Gasteiger partial charge on any atom is -0.465 e. The number of carbonyl (C=O) groups is 1. The molecular weight excluding hydrogens is 206 g/mol. The molecular formula is C11H13N3O2. The highest BCUT2D eigenvalue weighted by Crippen LogP contribution is 2.10. The molecule has 0 amide bonds. The standard InChI is InChI=1S/C11H13N3O2/c1-16-11(15)9-6-8(4-2-3-5-12)10(13)14-7-9/h6-7H,3,5,12H2,1H3,(H2,13,14). The Balaban J connectivity index is 3.01. The smallest absolute Gasteiger partial charge is 0.339 e. The summed E-state index contributed by atoms with van der Waals surface area (Å²) in [5.74, 6) is 5.46. The first kappa shape index (κ1) is 12.0. The summed E-state index contributed by atoms with van der Waals surface area (Å²) in [6.45, 7) is 0.483. The molecule has 1 aromatic rings. The van der Waals surface area contributed by atoms with Crippen molar-refractivity contribution in [3.05, 3.63) is 23.4 Å². The van der Waals surface area contributed by atoms with Crippen LogP contribution in [0, 0.1) is 11.8 Å². The number of ether oxygens (including phenoxy) is 1. The Hall–Kier alpha value is -2.06. The molecule has 0 saturated heterocycles. The number of rotatable bonds is 2. The van der Waals surface area contributed by atoms with Crippen LogP contribution in [0.15, 0.2) is 12.3 Å². The number of nitrogens with zero attached hydrogens (tertiary/aromatic N) is 1. The van der Waals surface area contributed by atoms with E-state index in [2.05, 4.69) is 21.6 Å². The third kappa shape index (κ3) is 2.97. The van der Waals surface area contributed by atoms with Crippen LogP contribution in [-0.4, -0.2) is 24.6 Å². The lowest BCUT2D eigenvalue weighted by molar-refractivity contribution is 0.0600. The van der Waals surface area contributed by atoms with Crippen molar-refractivity contribution in [3.63, 3.8) is 0 Å². The molecule has 1 aromatic heterocycles. The molecule has 5 nitrogen and oxygen atoms in total. The second kappa shape index (κ2) is 5.73. The van der Waals surface area contributed by atoms with E-state index in [1.54, 1.807) is 6.07 Å². The molecule has 0 saturated carbocycles. The van der Waals surface area contributed by atoms with Crippen molar-refractivity contribution < 1.29 is 9.53 Å². The number of nitrogens with two attached hydrogens (primary N) is 2. The molecule has 84 valence electrons. The Kier molecular flexibility index (Phi) is 4.30. The van der Waals surface area contributed by atoms with Crippen LogP contribution >= 0.6 is 0 Å². The first-order chi connectivity index (χ1) is 7.69. The first-order valence-corrected chi connectivity index (χ1v) is 4.71. The van der Waals surface area contributed by atoms with Gasteiger partial charge in [0.15, 0.2) is 0 Å². The normalized spacial score (nSPS) is 9.12. The number of pyridine rings is 1. The fourth-order valence-electron chi connectivity index (χ4n) is 1.03. The minimum atomic E-state index is -0.464. The number of hydrogen-bond donors (Lipinski definition) is 2. The molecule has 0 radical (unpaired) electrons. The van der Waals surface area contributed by atoms with Crippen molar-refractivity contribution in [1.82, 2.24) is 4.98 Å². The highest BCUT2D eigenvalue weighted by Gasteiger charge is 2.07. The predicted octanol–water partition coefficient (Wildman–Crippen LogP) is 0.151. The summed E-state index contributed by atoms with van der Waals surface area (Å²) in [5, 5.41) is 0. The minimum absolute atomic E-state index is 0.289. The van der Waals surface area contributed by atoms with E-state index in [4.69, 9.17) is 11.5 Å². The van der Waals surface area contributed by atoms with Crippen molar-refractivity contribution in [2.45, 2.75) is 6.42 Å². The van der Waals surface area contributed by atoms with Crippen molar-refractivity contribution in [2.75, 3.05) is 19.4 Å². The summed E-state index contributed by atoms with van der Waals surface area (Å²) >= 11 is 0. The number of carbonyl (C=O) groups excluding carboxylic acids is 1. The maximum absolute atomic E-state index is 11.2. The average Bonchev–Trinajstić information content (AvgIpc) is 2.31. The molecule has 1 heterocycles. The van der Waals surface area contributed by atoms with Gasteiger partial charge in [-0.1, -0.05) is 11.8 Å². The van der Waals surface area contributed by atoms with Gasteiger partial charge in [0.25, 0.3) is 0 Å². The third-order valence-corrected chi connectivity index (χ3v) is 1.83. The quantitative estimate of drug-likeness (QED) is 0.545. The summed E-state index contributed by atoms with van der Waals surface area (Å²) in [4.78, 5) is 15.1. The molecule has 0 atom stereocenters. The largest absolute Gasteiger partial charge is 0.465 e. The van der Waals surface area contributed by atoms with Gasteiger partial charge in [-0.15, -0.1) is 0 Å². The lowest BCUT2D eigenvalue weighted by atomic mass is 10.2. The van der Waals surface area contributed by atoms with Crippen molar-refractivity contribution >= 4 is 11.8 Å². The summed E-state index contributed by atoms with van der Waals surface area (Å²) in [7, 11) is 1.30. The average molecular weight is 219 g/mol. The number of hydrogen-bond acceptors (Lipinski definition) is 5. The van der Waals surface area contributed by atoms with Crippen LogP contribution in [0.25, 0.3) is 0 Å². The Bertz CT molecular complexity index is 446. The molecule has 0 aliphatic rings. The van der Waals surface area contributed by atoms with E-state index in [-0.39, 0.29) is 5.82 Å². The monoisotopic (exact) mass is 219 g/mol. The second-order valence-electron chi connectivity index (χ2n) is 2.99. The maximum atomic E-state index is 11.2. The molecule has 5 heteroatoms. The van der Waals surface area contributed by atoms with Gasteiger partial charge in [0.1, 0.15) is 5.82 Å². The fourth-order valence-corrected chi connectivity index (χ4v) is 1.03. The molecule has 16 heavy (non-hydrogen) atoms. The topological polar surface area (TPSA) is 91.2 Å². The number of esters is 1. The Morgan fingerprint density at radius 1 is 1.62 bits per heavy atom. The summed E-state index contributed by atoms with van der Waals surface area (Å²) in [5.41, 5.74) is 11.8. The molecule has 4 N–H and O–H groups in total. The molecule has 0 aliphatic heterocycles. The number of aromatic nitrogens is 1. The summed E-state index contributed by atoms with van der Waals surface area (Å²) < 4.78 is 4.57. The molecule has 1 rings (SSSR count). The van der Waals surface area contributed by atoms with Gasteiger partial charge in [0.05, 0.1) is 18.2 Å². The van der Waals surface area contributed by atoms with Gasteiger partial charge in [-0.3, -0.25) is 0 Å². The zero-order chi connectivity index (χ0) is 12.0. The van der Waals surface area contributed by atoms with Crippen molar-refractivity contribution in [2.24, 2.45) is 5.73 Å². The fraction of sp³-hybridized carbons (Fsp3) is 0.273. The number of nitrogen functional groups attached to an aromatic ring is 1. The molecule has 0 unspecified atom stereocenters. The van der Waals surface area contributed by atoms with Crippen LogP contribution in [0.2, 0.25) is 0 Å². The zero-order valence-electron chi connectivity index (χ0n) is 8.99. The SMILES string of the molecule is COC(=O)c1cnc(N)c(C#CCCN)c1. The Labute approximate surface area is 93.8 Å². The lowest BCUT2D eigenvalue weighted by Crippen LogP contribution is -2.04. The van der Waals surface area contributed by atoms with Crippen LogP contribution in [0.5, 0.6) is 0 Å².